The van der Waals surface area contributed by atoms with E-state index in [-0.39, 0.29) is 18.1 Å². The maximum Gasteiger partial charge on any atom is 0.295 e. The molecule has 4 rings (SSSR count). The van der Waals surface area contributed by atoms with E-state index in [1.54, 1.807) is 41.6 Å². The summed E-state index contributed by atoms with van der Waals surface area (Å²) >= 11 is 0. The smallest absolute Gasteiger partial charge is 0.295 e. The summed E-state index contributed by atoms with van der Waals surface area (Å²) in [6.45, 7) is 7.35. The van der Waals surface area contributed by atoms with Crippen LogP contribution >= 0.6 is 0 Å². The fourth-order valence-corrected chi connectivity index (χ4v) is 4.20. The first-order valence-electron chi connectivity index (χ1n) is 10.9. The lowest BCUT2D eigenvalue weighted by atomic mass is 9.96. The Morgan fingerprint density at radius 3 is 2.69 bits per heavy atom. The molecule has 1 aromatic carbocycles. The summed E-state index contributed by atoms with van der Waals surface area (Å²) in [6.07, 6.45) is 3.98. The van der Waals surface area contributed by atoms with Gasteiger partial charge in [0.25, 0.3) is 11.7 Å². The zero-order valence-electron chi connectivity index (χ0n) is 18.3. The molecule has 3 heterocycles. The molecule has 0 spiro atoms. The maximum absolute atomic E-state index is 13.1. The summed E-state index contributed by atoms with van der Waals surface area (Å²) in [7, 11) is 0. The molecule has 2 aliphatic heterocycles. The van der Waals surface area contributed by atoms with Gasteiger partial charge in [0.1, 0.15) is 5.76 Å². The number of carbonyl (C=O) groups excluding carboxylic acids is 2. The van der Waals surface area contributed by atoms with E-state index >= 15 is 0 Å². The molecule has 0 saturated carbocycles. The second-order valence-electron chi connectivity index (χ2n) is 7.73. The minimum absolute atomic E-state index is 0.0599. The predicted octanol–water partition coefficient (Wildman–Crippen LogP) is 2.96. The Kier molecular flexibility index (Phi) is 6.41. The number of aromatic nitrogens is 1. The van der Waals surface area contributed by atoms with Crippen molar-refractivity contribution < 1.29 is 24.2 Å². The van der Waals surface area contributed by atoms with Crippen molar-refractivity contribution in [1.82, 2.24) is 14.8 Å². The number of nitrogens with zero attached hydrogens (tertiary/aromatic N) is 3. The van der Waals surface area contributed by atoms with Crippen LogP contribution in [0.5, 0.6) is 11.5 Å². The number of amides is 1. The average molecular weight is 437 g/mol. The molecular formula is C24H27N3O5. The molecule has 168 valence electrons. The number of aliphatic hydroxyl groups is 1. The van der Waals surface area contributed by atoms with Crippen LogP contribution in [0.2, 0.25) is 0 Å². The number of carbonyl (C=O) groups is 2. The van der Waals surface area contributed by atoms with E-state index in [9.17, 15) is 14.7 Å². The Bertz CT molecular complexity index is 1030. The van der Waals surface area contributed by atoms with E-state index < -0.39 is 17.7 Å². The number of benzene rings is 1. The van der Waals surface area contributed by atoms with Crippen molar-refractivity contribution in [3.05, 3.63) is 59.4 Å². The predicted molar refractivity (Wildman–Crippen MR) is 118 cm³/mol. The molecule has 0 radical (unpaired) electrons. The molecule has 0 bridgehead atoms. The van der Waals surface area contributed by atoms with Gasteiger partial charge in [-0.05, 0) is 55.9 Å². The van der Waals surface area contributed by atoms with E-state index in [0.29, 0.717) is 29.2 Å². The topological polar surface area (TPSA) is 92.2 Å². The fraction of sp³-hybridized carbons (Fsp3) is 0.375. The van der Waals surface area contributed by atoms with Crippen molar-refractivity contribution in [2.75, 3.05) is 33.0 Å². The van der Waals surface area contributed by atoms with Crippen LogP contribution in [0.25, 0.3) is 5.76 Å². The summed E-state index contributed by atoms with van der Waals surface area (Å²) in [6, 6.07) is 7.81. The van der Waals surface area contributed by atoms with Gasteiger partial charge < -0.3 is 24.4 Å². The number of likely N-dealkylation sites (tertiary alicyclic amines) is 1. The highest BCUT2D eigenvalue weighted by Crippen LogP contribution is 2.41. The minimum atomic E-state index is -0.703. The zero-order valence-corrected chi connectivity index (χ0v) is 18.3. The van der Waals surface area contributed by atoms with Crippen LogP contribution < -0.4 is 9.47 Å². The van der Waals surface area contributed by atoms with Crippen LogP contribution in [0.3, 0.4) is 0 Å². The van der Waals surface area contributed by atoms with Crippen molar-refractivity contribution in [1.29, 1.82) is 0 Å². The second-order valence-corrected chi connectivity index (χ2v) is 7.73. The molecule has 2 aromatic rings. The third-order valence-corrected chi connectivity index (χ3v) is 5.95. The van der Waals surface area contributed by atoms with Crippen molar-refractivity contribution >= 4 is 17.4 Å². The first-order chi connectivity index (χ1) is 15.5. The molecule has 1 atom stereocenters. The maximum atomic E-state index is 13.1. The standard InChI is InChI=1S/C24H27N3O5/c1-3-26(4-2)11-6-12-27-21(17-7-5-10-25-14-17)20(23(29)24(27)30)22(28)16-8-9-18-19(13-16)32-15-31-18/h5,7-10,13-14,21,28H,3-4,6,11-12,15H2,1-2H3/t21-/m0/s1. The fourth-order valence-electron chi connectivity index (χ4n) is 4.20. The first-order valence-corrected chi connectivity index (χ1v) is 10.9. The molecule has 1 N–H and O–H groups in total. The van der Waals surface area contributed by atoms with Crippen molar-refractivity contribution in [3.63, 3.8) is 0 Å². The van der Waals surface area contributed by atoms with Crippen molar-refractivity contribution in [2.45, 2.75) is 26.3 Å². The Morgan fingerprint density at radius 1 is 1.19 bits per heavy atom. The molecule has 0 unspecified atom stereocenters. The van der Waals surface area contributed by atoms with Gasteiger partial charge in [0, 0.05) is 24.5 Å². The van der Waals surface area contributed by atoms with Crippen molar-refractivity contribution in [2.24, 2.45) is 0 Å². The largest absolute Gasteiger partial charge is 0.507 e. The number of Topliss-reactive ketones (excluding diaryl/α,β-unsaturated/α-hetero) is 1. The van der Waals surface area contributed by atoms with Gasteiger partial charge in [-0.1, -0.05) is 19.9 Å². The number of hydrogen-bond acceptors (Lipinski definition) is 7. The second kappa shape index (κ2) is 9.40. The average Bonchev–Trinajstić information content (AvgIpc) is 3.39. The Labute approximate surface area is 187 Å². The Balaban J connectivity index is 1.71. The third-order valence-electron chi connectivity index (χ3n) is 5.95. The summed E-state index contributed by atoms with van der Waals surface area (Å²) in [5.74, 6) is -0.484. The van der Waals surface area contributed by atoms with Gasteiger partial charge in [-0.3, -0.25) is 14.6 Å². The minimum Gasteiger partial charge on any atom is -0.507 e. The van der Waals surface area contributed by atoms with Gasteiger partial charge in [-0.2, -0.15) is 0 Å². The Morgan fingerprint density at radius 2 is 1.97 bits per heavy atom. The Hall–Kier alpha value is -3.39. The molecule has 32 heavy (non-hydrogen) atoms. The number of fused-ring (bicyclic) bond motifs is 1. The molecule has 0 aliphatic carbocycles. The SMILES string of the molecule is CCN(CC)CCCN1C(=O)C(=O)C(=C(O)c2ccc3c(c2)OCO3)[C@@H]1c1cccnc1. The van der Waals surface area contributed by atoms with Gasteiger partial charge in [0.05, 0.1) is 11.6 Å². The lowest BCUT2D eigenvalue weighted by Gasteiger charge is -2.26. The van der Waals surface area contributed by atoms with E-state index in [1.807, 2.05) is 6.07 Å². The number of hydrogen-bond donors (Lipinski definition) is 1. The number of aliphatic hydroxyl groups excluding tert-OH is 1. The monoisotopic (exact) mass is 437 g/mol. The lowest BCUT2D eigenvalue weighted by molar-refractivity contribution is -0.140. The molecule has 1 aromatic heterocycles. The van der Waals surface area contributed by atoms with Gasteiger partial charge >= 0.3 is 0 Å². The van der Waals surface area contributed by atoms with E-state index in [4.69, 9.17) is 9.47 Å². The number of pyridine rings is 1. The van der Waals surface area contributed by atoms with E-state index in [2.05, 4.69) is 23.7 Å². The van der Waals surface area contributed by atoms with Gasteiger partial charge in [0.2, 0.25) is 6.79 Å². The van der Waals surface area contributed by atoms with Crippen molar-refractivity contribution in [3.8, 4) is 11.5 Å². The number of rotatable bonds is 8. The van der Waals surface area contributed by atoms with Crippen LogP contribution in [0.15, 0.2) is 48.3 Å². The molecule has 8 heteroatoms. The highest BCUT2D eigenvalue weighted by molar-refractivity contribution is 6.46. The summed E-state index contributed by atoms with van der Waals surface area (Å²) in [5, 5.41) is 11.1. The van der Waals surface area contributed by atoms with Crippen LogP contribution in [0.4, 0.5) is 0 Å². The van der Waals surface area contributed by atoms with Gasteiger partial charge in [-0.25, -0.2) is 0 Å². The summed E-state index contributed by atoms with van der Waals surface area (Å²) in [5.41, 5.74) is 1.13. The van der Waals surface area contributed by atoms with Crippen LogP contribution in [0.1, 0.15) is 37.4 Å². The molecule has 8 nitrogen and oxygen atoms in total. The number of ether oxygens (including phenoxy) is 2. The summed E-state index contributed by atoms with van der Waals surface area (Å²) in [4.78, 5) is 34.0. The highest BCUT2D eigenvalue weighted by atomic mass is 16.7. The summed E-state index contributed by atoms with van der Waals surface area (Å²) < 4.78 is 10.7. The van der Waals surface area contributed by atoms with Gasteiger partial charge in [-0.15, -0.1) is 0 Å². The molecule has 1 amide bonds. The van der Waals surface area contributed by atoms with Gasteiger partial charge in [0.15, 0.2) is 11.5 Å². The molecule has 1 saturated heterocycles. The molecule has 1 fully saturated rings. The van der Waals surface area contributed by atoms with E-state index in [0.717, 1.165) is 26.1 Å². The quantitative estimate of drug-likeness (QED) is 0.386. The van der Waals surface area contributed by atoms with Crippen LogP contribution in [-0.4, -0.2) is 64.6 Å². The van der Waals surface area contributed by atoms with Crippen LogP contribution in [-0.2, 0) is 9.59 Å². The first kappa shape index (κ1) is 21.8. The van der Waals surface area contributed by atoms with Crippen LogP contribution in [0, 0.1) is 0 Å². The molecule has 2 aliphatic rings. The highest BCUT2D eigenvalue weighted by Gasteiger charge is 2.46. The lowest BCUT2D eigenvalue weighted by Crippen LogP contribution is -2.33. The normalized spacial score (nSPS) is 19.2. The van der Waals surface area contributed by atoms with E-state index in [1.165, 1.54) is 0 Å². The number of ketones is 1. The zero-order chi connectivity index (χ0) is 22.7. The molecular weight excluding hydrogens is 410 g/mol. The third kappa shape index (κ3) is 4.05.